The fourth-order valence-electron chi connectivity index (χ4n) is 4.09. The highest BCUT2D eigenvalue weighted by molar-refractivity contribution is 6.30. The van der Waals surface area contributed by atoms with Gasteiger partial charge in [0.25, 0.3) is 5.91 Å². The second-order valence-electron chi connectivity index (χ2n) is 8.09. The average Bonchev–Trinajstić information content (AvgIpc) is 3.13. The lowest BCUT2D eigenvalue weighted by Gasteiger charge is -2.25. The number of hydrogen-bond acceptors (Lipinski definition) is 2. The summed E-state index contributed by atoms with van der Waals surface area (Å²) in [5, 5.41) is 0.629. The lowest BCUT2D eigenvalue weighted by atomic mass is 10.0. The third-order valence-electron chi connectivity index (χ3n) is 6.11. The summed E-state index contributed by atoms with van der Waals surface area (Å²) in [5.41, 5.74) is 6.36. The minimum atomic E-state index is -0.0588. The van der Waals surface area contributed by atoms with Crippen LogP contribution in [0.5, 0.6) is 5.75 Å². The maximum Gasteiger partial charge on any atom is 0.261 e. The molecule has 0 saturated heterocycles. The van der Waals surface area contributed by atoms with Crippen LogP contribution < -0.4 is 9.64 Å². The van der Waals surface area contributed by atoms with Gasteiger partial charge in [-0.15, -0.1) is 0 Å². The first kappa shape index (κ1) is 22.7. The van der Waals surface area contributed by atoms with Crippen molar-refractivity contribution in [3.63, 3.8) is 0 Å². The van der Waals surface area contributed by atoms with Gasteiger partial charge in [-0.05, 0) is 60.9 Å². The Morgan fingerprint density at radius 3 is 2.33 bits per heavy atom. The molecule has 168 valence electrons. The van der Waals surface area contributed by atoms with Crippen LogP contribution in [0.25, 0.3) is 11.1 Å². The number of nitrogens with zero attached hydrogens (tertiary/aromatic N) is 2. The van der Waals surface area contributed by atoms with Crippen molar-refractivity contribution in [3.8, 4) is 16.9 Å². The highest BCUT2D eigenvalue weighted by Gasteiger charge is 2.26. The van der Waals surface area contributed by atoms with E-state index in [9.17, 15) is 4.79 Å². The van der Waals surface area contributed by atoms with Gasteiger partial charge >= 0.3 is 0 Å². The van der Waals surface area contributed by atoms with Crippen molar-refractivity contribution in [1.82, 2.24) is 4.57 Å². The van der Waals surface area contributed by atoms with E-state index in [0.717, 1.165) is 39.4 Å². The largest absolute Gasteiger partial charge is 0.496 e. The molecule has 0 fully saturated rings. The molecular weight excluding hydrogens is 432 g/mol. The minimum absolute atomic E-state index is 0.0588. The molecule has 0 unspecified atom stereocenters. The number of amides is 1. The first-order valence-corrected chi connectivity index (χ1v) is 11.2. The Kier molecular flexibility index (Phi) is 6.57. The first-order chi connectivity index (χ1) is 15.9. The molecule has 1 aromatic heterocycles. The van der Waals surface area contributed by atoms with Crippen molar-refractivity contribution < 1.29 is 9.53 Å². The Balaban J connectivity index is 1.84. The van der Waals surface area contributed by atoms with Gasteiger partial charge in [-0.2, -0.15) is 0 Å². The quantitative estimate of drug-likeness (QED) is 0.317. The van der Waals surface area contributed by atoms with E-state index in [2.05, 4.69) is 0 Å². The molecule has 1 heterocycles. The van der Waals surface area contributed by atoms with Crippen LogP contribution in [0.4, 0.5) is 5.69 Å². The van der Waals surface area contributed by atoms with E-state index in [1.54, 1.807) is 7.11 Å². The molecular formula is C28H27ClN2O2. The minimum Gasteiger partial charge on any atom is -0.496 e. The zero-order valence-electron chi connectivity index (χ0n) is 19.3. The average molecular weight is 459 g/mol. The summed E-state index contributed by atoms with van der Waals surface area (Å²) in [6.45, 7) is 4.41. The molecule has 4 rings (SSSR count). The van der Waals surface area contributed by atoms with Crippen LogP contribution >= 0.6 is 11.6 Å². The number of methoxy groups -OCH3 is 1. The third kappa shape index (κ3) is 4.53. The van der Waals surface area contributed by atoms with E-state index < -0.39 is 0 Å². The predicted octanol–water partition coefficient (Wildman–Crippen LogP) is 6.82. The summed E-state index contributed by atoms with van der Waals surface area (Å²) in [5.74, 6) is 0.744. The number of aromatic nitrogens is 1. The lowest BCUT2D eigenvalue weighted by Crippen LogP contribution is -2.31. The molecule has 4 aromatic rings. The van der Waals surface area contributed by atoms with E-state index in [1.807, 2.05) is 109 Å². The maximum atomic E-state index is 14.2. The highest BCUT2D eigenvalue weighted by atomic mass is 35.5. The number of aryl methyl sites for hydroxylation is 1. The zero-order chi connectivity index (χ0) is 23.5. The molecule has 0 saturated carbocycles. The molecule has 0 aliphatic heterocycles. The topological polar surface area (TPSA) is 34.5 Å². The maximum absolute atomic E-state index is 14.2. The molecule has 0 aliphatic rings. The number of ether oxygens (including phenoxy) is 1. The van der Waals surface area contributed by atoms with Crippen LogP contribution in [0.3, 0.4) is 0 Å². The number of anilines is 1. The number of rotatable bonds is 6. The van der Waals surface area contributed by atoms with Gasteiger partial charge in [0.1, 0.15) is 5.75 Å². The number of carbonyl (C=O) groups is 1. The Morgan fingerprint density at radius 2 is 1.67 bits per heavy atom. The van der Waals surface area contributed by atoms with Crippen LogP contribution in [0, 0.1) is 13.8 Å². The van der Waals surface area contributed by atoms with Crippen molar-refractivity contribution in [2.24, 2.45) is 7.05 Å². The molecule has 0 spiro atoms. The van der Waals surface area contributed by atoms with Gasteiger partial charge in [-0.25, -0.2) is 0 Å². The standard InChI is InChI=1S/C28H27ClN2O2/c1-19-22(11-8-12-26(19)33-4)17-31(24-15-13-23(29)14-16-24)28(32)27-20(2)30(3)18-25(27)21-9-6-5-7-10-21/h5-16,18H,17H2,1-4H3. The molecule has 4 nitrogen and oxygen atoms in total. The molecule has 5 heteroatoms. The summed E-state index contributed by atoms with van der Waals surface area (Å²) in [7, 11) is 3.63. The highest BCUT2D eigenvalue weighted by Crippen LogP contribution is 2.32. The van der Waals surface area contributed by atoms with Gasteiger partial charge in [0.05, 0.1) is 19.2 Å². The second kappa shape index (κ2) is 9.55. The number of benzene rings is 3. The molecule has 0 N–H and O–H groups in total. The van der Waals surface area contributed by atoms with Crippen LogP contribution in [0.15, 0.2) is 79.0 Å². The summed E-state index contributed by atoms with van der Waals surface area (Å²) in [6, 6.07) is 23.3. The summed E-state index contributed by atoms with van der Waals surface area (Å²) >= 11 is 6.15. The molecule has 1 amide bonds. The lowest BCUT2D eigenvalue weighted by molar-refractivity contribution is 0.0985. The molecule has 33 heavy (non-hydrogen) atoms. The molecule has 0 atom stereocenters. The molecule has 0 bridgehead atoms. The van der Waals surface area contributed by atoms with Gasteiger partial charge in [0, 0.05) is 35.2 Å². The molecule has 0 aliphatic carbocycles. The Labute approximate surface area is 200 Å². The monoisotopic (exact) mass is 458 g/mol. The summed E-state index contributed by atoms with van der Waals surface area (Å²) in [6.07, 6.45) is 2.02. The number of hydrogen-bond donors (Lipinski definition) is 0. The Morgan fingerprint density at radius 1 is 0.970 bits per heavy atom. The van der Waals surface area contributed by atoms with Crippen molar-refractivity contribution in [3.05, 3.63) is 106 Å². The summed E-state index contributed by atoms with van der Waals surface area (Å²) in [4.78, 5) is 16.0. The van der Waals surface area contributed by atoms with Crippen molar-refractivity contribution in [1.29, 1.82) is 0 Å². The van der Waals surface area contributed by atoms with Crippen molar-refractivity contribution in [2.45, 2.75) is 20.4 Å². The van der Waals surface area contributed by atoms with E-state index in [1.165, 1.54) is 0 Å². The number of halogens is 1. The first-order valence-electron chi connectivity index (χ1n) is 10.8. The van der Waals surface area contributed by atoms with Gasteiger partial charge < -0.3 is 14.2 Å². The Bertz CT molecular complexity index is 1280. The summed E-state index contributed by atoms with van der Waals surface area (Å²) < 4.78 is 7.52. The van der Waals surface area contributed by atoms with Crippen LogP contribution in [-0.2, 0) is 13.6 Å². The van der Waals surface area contributed by atoms with Gasteiger partial charge in [-0.3, -0.25) is 4.79 Å². The van der Waals surface area contributed by atoms with E-state index in [0.29, 0.717) is 17.1 Å². The van der Waals surface area contributed by atoms with Gasteiger partial charge in [-0.1, -0.05) is 54.1 Å². The number of carbonyl (C=O) groups excluding carboxylic acids is 1. The third-order valence-corrected chi connectivity index (χ3v) is 6.36. The van der Waals surface area contributed by atoms with Crippen LogP contribution in [-0.4, -0.2) is 17.6 Å². The van der Waals surface area contributed by atoms with E-state index >= 15 is 0 Å². The SMILES string of the molecule is COc1cccc(CN(C(=O)c2c(-c3ccccc3)cn(C)c2C)c2ccc(Cl)cc2)c1C. The second-order valence-corrected chi connectivity index (χ2v) is 8.53. The fraction of sp³-hybridized carbons (Fsp3) is 0.179. The van der Waals surface area contributed by atoms with Gasteiger partial charge in [0.15, 0.2) is 0 Å². The van der Waals surface area contributed by atoms with Gasteiger partial charge in [0.2, 0.25) is 0 Å². The Hall–Kier alpha value is -3.50. The van der Waals surface area contributed by atoms with E-state index in [4.69, 9.17) is 16.3 Å². The normalized spacial score (nSPS) is 10.8. The molecule has 3 aromatic carbocycles. The fourth-order valence-corrected chi connectivity index (χ4v) is 4.22. The van der Waals surface area contributed by atoms with Crippen molar-refractivity contribution >= 4 is 23.2 Å². The van der Waals surface area contributed by atoms with Crippen LogP contribution in [0.2, 0.25) is 5.02 Å². The van der Waals surface area contributed by atoms with E-state index in [-0.39, 0.29) is 5.91 Å². The smallest absolute Gasteiger partial charge is 0.261 e. The van der Waals surface area contributed by atoms with Crippen molar-refractivity contribution in [2.75, 3.05) is 12.0 Å². The predicted molar refractivity (Wildman–Crippen MR) is 135 cm³/mol. The zero-order valence-corrected chi connectivity index (χ0v) is 20.1. The van der Waals surface area contributed by atoms with Crippen LogP contribution in [0.1, 0.15) is 27.2 Å². The molecule has 0 radical (unpaired) electrons.